The van der Waals surface area contributed by atoms with Crippen molar-refractivity contribution in [1.82, 2.24) is 9.55 Å². The summed E-state index contributed by atoms with van der Waals surface area (Å²) in [6.45, 7) is 1.84. The van der Waals surface area contributed by atoms with Gasteiger partial charge in [-0.15, -0.1) is 0 Å². The summed E-state index contributed by atoms with van der Waals surface area (Å²) in [5, 5.41) is 0. The van der Waals surface area contributed by atoms with Gasteiger partial charge in [0.05, 0.1) is 12.8 Å². The number of H-pyrrole nitrogens is 1. The molecule has 0 aliphatic heterocycles. The minimum Gasteiger partial charge on any atom is -0.495 e. The molecule has 0 fully saturated rings. The number of alkyl halides is 3. The van der Waals surface area contributed by atoms with Gasteiger partial charge in [-0.05, 0) is 30.7 Å². The zero-order valence-corrected chi connectivity index (χ0v) is 14.8. The van der Waals surface area contributed by atoms with Crippen molar-refractivity contribution in [3.8, 4) is 22.9 Å². The van der Waals surface area contributed by atoms with Gasteiger partial charge in [0.25, 0.3) is 5.56 Å². The first kappa shape index (κ1) is 19.3. The van der Waals surface area contributed by atoms with Gasteiger partial charge in [0.2, 0.25) is 0 Å². The van der Waals surface area contributed by atoms with Crippen LogP contribution in [0.3, 0.4) is 0 Å². The number of aromatic amines is 1. The summed E-state index contributed by atoms with van der Waals surface area (Å²) in [5.74, 6) is 0.938. The molecule has 0 amide bonds. The zero-order valence-electron chi connectivity index (χ0n) is 14.8. The monoisotopic (exact) mass is 392 g/mol. The van der Waals surface area contributed by atoms with Gasteiger partial charge in [-0.25, -0.2) is 9.36 Å². The van der Waals surface area contributed by atoms with Gasteiger partial charge in [0, 0.05) is 12.1 Å². The molecule has 0 atom stereocenters. The van der Waals surface area contributed by atoms with Crippen molar-refractivity contribution in [3.63, 3.8) is 0 Å². The normalized spacial score (nSPS) is 11.3. The third kappa shape index (κ3) is 3.78. The van der Waals surface area contributed by atoms with E-state index in [-0.39, 0.29) is 17.2 Å². The molecule has 0 aliphatic rings. The van der Waals surface area contributed by atoms with Crippen molar-refractivity contribution < 1.29 is 22.6 Å². The van der Waals surface area contributed by atoms with E-state index in [2.05, 4.69) is 0 Å². The number of rotatable bonds is 4. The molecule has 28 heavy (non-hydrogen) atoms. The summed E-state index contributed by atoms with van der Waals surface area (Å²) in [4.78, 5) is 26.1. The highest BCUT2D eigenvalue weighted by molar-refractivity contribution is 5.52. The second-order valence-electron chi connectivity index (χ2n) is 5.86. The van der Waals surface area contributed by atoms with Crippen LogP contribution in [0.15, 0.2) is 58.1 Å². The van der Waals surface area contributed by atoms with Crippen molar-refractivity contribution in [2.45, 2.75) is 13.1 Å². The first-order valence-corrected chi connectivity index (χ1v) is 8.06. The van der Waals surface area contributed by atoms with E-state index in [1.807, 2.05) is 19.1 Å². The average Bonchev–Trinajstić information content (AvgIpc) is 2.62. The molecule has 1 aromatic heterocycles. The number of benzene rings is 2. The summed E-state index contributed by atoms with van der Waals surface area (Å²) in [5.41, 5.74) is -3.02. The SMILES string of the molecule is COc1ccc(Oc2ccccc2C)cc1-n1c(=O)cc(C(F)(F)F)[nH]c1=O. The maximum Gasteiger partial charge on any atom is 0.431 e. The van der Waals surface area contributed by atoms with Gasteiger partial charge in [-0.1, -0.05) is 18.2 Å². The quantitative estimate of drug-likeness (QED) is 0.736. The van der Waals surface area contributed by atoms with Crippen molar-refractivity contribution in [2.24, 2.45) is 0 Å². The maximum absolute atomic E-state index is 12.8. The second-order valence-corrected chi connectivity index (χ2v) is 5.86. The molecule has 1 heterocycles. The summed E-state index contributed by atoms with van der Waals surface area (Å²) >= 11 is 0. The Hall–Kier alpha value is -3.49. The van der Waals surface area contributed by atoms with Gasteiger partial charge in [-0.3, -0.25) is 4.79 Å². The maximum atomic E-state index is 12.8. The molecule has 0 spiro atoms. The lowest BCUT2D eigenvalue weighted by molar-refractivity contribution is -0.141. The van der Waals surface area contributed by atoms with Crippen LogP contribution in [0.5, 0.6) is 17.2 Å². The van der Waals surface area contributed by atoms with E-state index in [1.165, 1.54) is 19.2 Å². The van der Waals surface area contributed by atoms with Crippen molar-refractivity contribution in [3.05, 3.63) is 80.6 Å². The van der Waals surface area contributed by atoms with Crippen LogP contribution < -0.4 is 20.7 Å². The molecule has 3 aromatic rings. The molecular formula is C19H15F3N2O4. The summed E-state index contributed by atoms with van der Waals surface area (Å²) in [6.07, 6.45) is -4.85. The van der Waals surface area contributed by atoms with E-state index in [0.717, 1.165) is 5.56 Å². The van der Waals surface area contributed by atoms with Crippen LogP contribution in [-0.4, -0.2) is 16.7 Å². The third-order valence-corrected chi connectivity index (χ3v) is 3.95. The lowest BCUT2D eigenvalue weighted by Gasteiger charge is -2.14. The van der Waals surface area contributed by atoms with E-state index < -0.39 is 23.1 Å². The fraction of sp³-hybridized carbons (Fsp3) is 0.158. The number of aryl methyl sites for hydroxylation is 1. The average molecular weight is 392 g/mol. The third-order valence-electron chi connectivity index (χ3n) is 3.95. The number of hydrogen-bond acceptors (Lipinski definition) is 4. The van der Waals surface area contributed by atoms with Gasteiger partial charge in [0.1, 0.15) is 22.9 Å². The smallest absolute Gasteiger partial charge is 0.431 e. The van der Waals surface area contributed by atoms with Crippen LogP contribution in [0.25, 0.3) is 5.69 Å². The Labute approximate surface area is 156 Å². The number of para-hydroxylation sites is 1. The lowest BCUT2D eigenvalue weighted by Crippen LogP contribution is -2.36. The highest BCUT2D eigenvalue weighted by Gasteiger charge is 2.33. The molecule has 0 radical (unpaired) electrons. The van der Waals surface area contributed by atoms with Gasteiger partial charge < -0.3 is 14.5 Å². The predicted molar refractivity (Wildman–Crippen MR) is 95.5 cm³/mol. The standard InChI is InChI=1S/C19H15F3N2O4/c1-11-5-3-4-6-14(11)28-12-7-8-15(27-2)13(9-12)24-17(25)10-16(19(20,21)22)23-18(24)26/h3-10H,1-2H3,(H,23,26). The fourth-order valence-corrected chi connectivity index (χ4v) is 2.58. The number of nitrogens with one attached hydrogen (secondary N) is 1. The van der Waals surface area contributed by atoms with Gasteiger partial charge in [-0.2, -0.15) is 13.2 Å². The molecule has 146 valence electrons. The molecule has 3 rings (SSSR count). The molecular weight excluding hydrogens is 377 g/mol. The van der Waals surface area contributed by atoms with Crippen molar-refractivity contribution >= 4 is 0 Å². The molecule has 0 bridgehead atoms. The Morgan fingerprint density at radius 2 is 1.71 bits per heavy atom. The Bertz CT molecular complexity index is 1100. The summed E-state index contributed by atoms with van der Waals surface area (Å²) in [6, 6.07) is 11.8. The largest absolute Gasteiger partial charge is 0.495 e. The number of aromatic nitrogens is 2. The first-order chi connectivity index (χ1) is 13.2. The molecule has 1 N–H and O–H groups in total. The van der Waals surface area contributed by atoms with Crippen LogP contribution >= 0.6 is 0 Å². The molecule has 0 saturated carbocycles. The Morgan fingerprint density at radius 3 is 2.32 bits per heavy atom. The van der Waals surface area contributed by atoms with Crippen molar-refractivity contribution in [1.29, 1.82) is 0 Å². The van der Waals surface area contributed by atoms with E-state index >= 15 is 0 Å². The topological polar surface area (TPSA) is 73.3 Å². The Balaban J connectivity index is 2.13. The fourth-order valence-electron chi connectivity index (χ4n) is 2.58. The van der Waals surface area contributed by atoms with Gasteiger partial charge in [0.15, 0.2) is 0 Å². The molecule has 0 aliphatic carbocycles. The van der Waals surface area contributed by atoms with Gasteiger partial charge >= 0.3 is 11.9 Å². The Kier molecular flexibility index (Phi) is 5.00. The van der Waals surface area contributed by atoms with Crippen LogP contribution in [-0.2, 0) is 6.18 Å². The number of methoxy groups -OCH3 is 1. The molecule has 2 aromatic carbocycles. The Morgan fingerprint density at radius 1 is 1.00 bits per heavy atom. The zero-order chi connectivity index (χ0) is 20.5. The van der Waals surface area contributed by atoms with E-state index in [9.17, 15) is 22.8 Å². The van der Waals surface area contributed by atoms with Crippen LogP contribution in [0, 0.1) is 6.92 Å². The molecule has 0 saturated heterocycles. The second kappa shape index (κ2) is 7.26. The van der Waals surface area contributed by atoms with Crippen LogP contribution in [0.1, 0.15) is 11.3 Å². The summed E-state index contributed by atoms with van der Waals surface area (Å²) in [7, 11) is 1.31. The molecule has 0 unspecified atom stereocenters. The highest BCUT2D eigenvalue weighted by Crippen LogP contribution is 2.31. The minimum absolute atomic E-state index is 0.0476. The van der Waals surface area contributed by atoms with Crippen molar-refractivity contribution in [2.75, 3.05) is 7.11 Å². The number of halogens is 3. The minimum atomic E-state index is -4.85. The first-order valence-electron chi connectivity index (χ1n) is 8.06. The number of ether oxygens (including phenoxy) is 2. The van der Waals surface area contributed by atoms with Crippen LogP contribution in [0.4, 0.5) is 13.2 Å². The molecule has 6 nitrogen and oxygen atoms in total. The van der Waals surface area contributed by atoms with E-state index in [1.54, 1.807) is 23.2 Å². The highest BCUT2D eigenvalue weighted by atomic mass is 19.4. The summed E-state index contributed by atoms with van der Waals surface area (Å²) < 4.78 is 49.9. The van der Waals surface area contributed by atoms with E-state index in [4.69, 9.17) is 9.47 Å². The van der Waals surface area contributed by atoms with E-state index in [0.29, 0.717) is 16.4 Å². The predicted octanol–water partition coefficient (Wildman–Crippen LogP) is 3.65. The number of nitrogens with zero attached hydrogens (tertiary/aromatic N) is 1. The number of hydrogen-bond donors (Lipinski definition) is 1. The van der Waals surface area contributed by atoms with Crippen LogP contribution in [0.2, 0.25) is 0 Å². The lowest BCUT2D eigenvalue weighted by atomic mass is 10.2. The molecule has 9 heteroatoms.